The van der Waals surface area contributed by atoms with Gasteiger partial charge in [-0.2, -0.15) is 23.3 Å². The number of hydroxylamine groups is 2. The zero-order valence-corrected chi connectivity index (χ0v) is 23.2. The molecule has 0 aliphatic carbocycles. The van der Waals surface area contributed by atoms with E-state index in [4.69, 9.17) is 14.0 Å². The van der Waals surface area contributed by atoms with E-state index in [1.54, 1.807) is 41.5 Å². The first kappa shape index (κ1) is 29.9. The number of nitrogens with zero attached hydrogens (tertiary/aromatic N) is 4. The molecule has 0 aromatic carbocycles. The number of ether oxygens (including phenoxy) is 2. The predicted molar refractivity (Wildman–Crippen MR) is 132 cm³/mol. The van der Waals surface area contributed by atoms with Crippen LogP contribution < -0.4 is 16.0 Å². The number of rotatable bonds is 7. The van der Waals surface area contributed by atoms with Crippen LogP contribution in [0.15, 0.2) is 6.20 Å². The average molecular weight is 576 g/mol. The summed E-state index contributed by atoms with van der Waals surface area (Å²) in [7, 11) is -5.06. The number of fused-ring (bicyclic) bond motifs is 4. The lowest BCUT2D eigenvalue weighted by Crippen LogP contribution is -2.42. The molecule has 218 valence electrons. The van der Waals surface area contributed by atoms with Crippen LogP contribution in [-0.4, -0.2) is 94.3 Å². The summed E-state index contributed by atoms with van der Waals surface area (Å²) in [5.41, 5.74) is -1.00. The highest BCUT2D eigenvalue weighted by Crippen LogP contribution is 2.43. The van der Waals surface area contributed by atoms with Gasteiger partial charge in [0.05, 0.1) is 18.3 Å². The molecule has 0 spiro atoms. The van der Waals surface area contributed by atoms with Crippen molar-refractivity contribution in [1.82, 2.24) is 35.7 Å². The van der Waals surface area contributed by atoms with E-state index in [1.807, 2.05) is 0 Å². The number of aromatic nitrogens is 2. The molecule has 39 heavy (non-hydrogen) atoms. The smallest absolute Gasteiger partial charge is 0.418 e. The SMILES string of the molecule is CC(C)(C)OC(=O)NCCNC(=O)n1cc2c(n1)C1CN(C(=O)N1OS(=O)(=O)O)[C@@H]2CNC(=O)OC(C)(C)C. The molecular formula is C21H33N7O10S. The van der Waals surface area contributed by atoms with Crippen LogP contribution in [0.4, 0.5) is 19.2 Å². The molecule has 0 radical (unpaired) electrons. The van der Waals surface area contributed by atoms with E-state index in [0.29, 0.717) is 10.6 Å². The number of alkyl carbamates (subject to hydrolysis) is 2. The van der Waals surface area contributed by atoms with Gasteiger partial charge < -0.3 is 30.3 Å². The zero-order chi connectivity index (χ0) is 29.3. The van der Waals surface area contributed by atoms with Gasteiger partial charge in [0.25, 0.3) is 0 Å². The largest absolute Gasteiger partial charge is 0.444 e. The molecule has 2 aliphatic rings. The zero-order valence-electron chi connectivity index (χ0n) is 22.4. The number of hydrogen-bond donors (Lipinski definition) is 4. The monoisotopic (exact) mass is 575 g/mol. The normalized spacial score (nSPS) is 18.9. The van der Waals surface area contributed by atoms with Crippen molar-refractivity contribution in [2.75, 3.05) is 26.2 Å². The third-order valence-corrected chi connectivity index (χ3v) is 5.55. The highest BCUT2D eigenvalue weighted by molar-refractivity contribution is 7.80. The second-order valence-electron chi connectivity index (χ2n) is 10.8. The Kier molecular flexibility index (Phi) is 8.32. The first-order valence-electron chi connectivity index (χ1n) is 11.9. The Morgan fingerprint density at radius 2 is 1.59 bits per heavy atom. The summed E-state index contributed by atoms with van der Waals surface area (Å²) >= 11 is 0. The molecule has 1 fully saturated rings. The topological polar surface area (TPSA) is 211 Å². The van der Waals surface area contributed by atoms with Gasteiger partial charge in [0.1, 0.15) is 17.2 Å². The fraction of sp³-hybridized carbons (Fsp3) is 0.667. The summed E-state index contributed by atoms with van der Waals surface area (Å²) in [6.07, 6.45) is -0.0802. The van der Waals surface area contributed by atoms with Gasteiger partial charge in [0.2, 0.25) is 0 Å². The van der Waals surface area contributed by atoms with Crippen LogP contribution in [0.2, 0.25) is 0 Å². The highest BCUT2D eigenvalue weighted by Gasteiger charge is 2.52. The maximum Gasteiger partial charge on any atom is 0.418 e. The molecular weight excluding hydrogens is 542 g/mol. The molecule has 2 aliphatic heterocycles. The molecule has 1 aromatic heterocycles. The maximum atomic E-state index is 12.9. The van der Waals surface area contributed by atoms with Crippen LogP contribution in [0, 0.1) is 0 Å². The van der Waals surface area contributed by atoms with Crippen LogP contribution in [0.3, 0.4) is 0 Å². The Bertz CT molecular complexity index is 1230. The molecule has 17 nitrogen and oxygen atoms in total. The minimum atomic E-state index is -5.06. The van der Waals surface area contributed by atoms with Gasteiger partial charge in [0.15, 0.2) is 0 Å². The molecule has 1 saturated heterocycles. The standard InChI is InChI=1S/C21H33N7O10S/c1-20(2,3)36-17(30)23-8-7-22-16(29)27-10-12-13(9-24-18(31)37-21(4,5)6)26-11-14(15(12)25-27)28(19(26)32)38-39(33,34)35/h10,13-14H,7-9,11H2,1-6H3,(H,22,29)(H,23,30)(H,24,31)(H,33,34,35)/t13-,14?/m1/s1. The number of nitrogens with one attached hydrogen (secondary N) is 3. The van der Waals surface area contributed by atoms with Gasteiger partial charge in [-0.1, -0.05) is 0 Å². The summed E-state index contributed by atoms with van der Waals surface area (Å²) in [4.78, 5) is 50.8. The van der Waals surface area contributed by atoms with E-state index in [1.165, 1.54) is 11.1 Å². The van der Waals surface area contributed by atoms with Gasteiger partial charge in [-0.15, -0.1) is 4.28 Å². The average Bonchev–Trinajstić information content (AvgIpc) is 3.30. The van der Waals surface area contributed by atoms with E-state index >= 15 is 0 Å². The summed E-state index contributed by atoms with van der Waals surface area (Å²) < 4.78 is 47.7. The molecule has 4 N–H and O–H groups in total. The van der Waals surface area contributed by atoms with E-state index in [-0.39, 0.29) is 31.9 Å². The van der Waals surface area contributed by atoms with Crippen molar-refractivity contribution < 1.29 is 45.9 Å². The summed E-state index contributed by atoms with van der Waals surface area (Å²) in [6.45, 7) is 9.99. The van der Waals surface area contributed by atoms with Crippen molar-refractivity contribution in [3.05, 3.63) is 17.5 Å². The van der Waals surface area contributed by atoms with Crippen molar-refractivity contribution in [3.8, 4) is 0 Å². The summed E-state index contributed by atoms with van der Waals surface area (Å²) in [6, 6.07) is -3.53. The Balaban J connectivity index is 1.76. The first-order chi connectivity index (χ1) is 17.8. The van der Waals surface area contributed by atoms with Crippen molar-refractivity contribution >= 4 is 34.6 Å². The Labute approximate surface area is 225 Å². The molecule has 3 rings (SSSR count). The minimum absolute atomic E-state index is 0.0261. The number of carbonyl (C=O) groups excluding carboxylic acids is 4. The van der Waals surface area contributed by atoms with Gasteiger partial charge in [0, 0.05) is 31.4 Å². The van der Waals surface area contributed by atoms with Gasteiger partial charge in [-0.05, 0) is 41.5 Å². The summed E-state index contributed by atoms with van der Waals surface area (Å²) in [5, 5.41) is 12.3. The van der Waals surface area contributed by atoms with Crippen LogP contribution in [0.1, 0.15) is 64.9 Å². The van der Waals surface area contributed by atoms with Crippen molar-refractivity contribution in [3.63, 3.8) is 0 Å². The first-order valence-corrected chi connectivity index (χ1v) is 13.3. The van der Waals surface area contributed by atoms with Crippen LogP contribution in [0.5, 0.6) is 0 Å². The number of hydrogen-bond acceptors (Lipinski definition) is 10. The number of amides is 5. The van der Waals surface area contributed by atoms with Crippen LogP contribution in [0.25, 0.3) is 0 Å². The molecule has 3 heterocycles. The molecule has 2 atom stereocenters. The quantitative estimate of drug-likeness (QED) is 0.267. The molecule has 1 aromatic rings. The van der Waals surface area contributed by atoms with Gasteiger partial charge in [-0.3, -0.25) is 4.55 Å². The molecule has 5 amide bonds. The lowest BCUT2D eigenvalue weighted by atomic mass is 9.98. The van der Waals surface area contributed by atoms with E-state index in [2.05, 4.69) is 25.3 Å². The minimum Gasteiger partial charge on any atom is -0.444 e. The molecule has 1 unspecified atom stereocenters. The number of carbonyl (C=O) groups is 4. The molecule has 18 heteroatoms. The molecule has 2 bridgehead atoms. The molecule has 0 saturated carbocycles. The van der Waals surface area contributed by atoms with E-state index < -0.39 is 57.9 Å². The van der Waals surface area contributed by atoms with Gasteiger partial charge in [-0.25, -0.2) is 19.2 Å². The Hall–Kier alpha value is -3.64. The van der Waals surface area contributed by atoms with Crippen LogP contribution >= 0.6 is 0 Å². The van der Waals surface area contributed by atoms with Crippen molar-refractivity contribution in [2.24, 2.45) is 0 Å². The fourth-order valence-electron chi connectivity index (χ4n) is 3.87. The second kappa shape index (κ2) is 10.9. The van der Waals surface area contributed by atoms with E-state index in [0.717, 1.165) is 4.68 Å². The highest BCUT2D eigenvalue weighted by atomic mass is 32.3. The van der Waals surface area contributed by atoms with Crippen molar-refractivity contribution in [2.45, 2.75) is 64.8 Å². The van der Waals surface area contributed by atoms with Crippen molar-refractivity contribution in [1.29, 1.82) is 0 Å². The third-order valence-electron chi connectivity index (χ3n) is 5.20. The predicted octanol–water partition coefficient (Wildman–Crippen LogP) is 1.06. The Morgan fingerprint density at radius 1 is 1.03 bits per heavy atom. The fourth-order valence-corrected chi connectivity index (χ4v) is 4.24. The van der Waals surface area contributed by atoms with Gasteiger partial charge >= 0.3 is 34.6 Å². The van der Waals surface area contributed by atoms with Crippen LogP contribution in [-0.2, 0) is 24.2 Å². The van der Waals surface area contributed by atoms with E-state index in [9.17, 15) is 27.6 Å². The maximum absolute atomic E-state index is 12.9. The third kappa shape index (κ3) is 7.93. The Morgan fingerprint density at radius 3 is 2.15 bits per heavy atom. The number of urea groups is 1. The lowest BCUT2D eigenvalue weighted by molar-refractivity contribution is -0.0328. The summed E-state index contributed by atoms with van der Waals surface area (Å²) in [5.74, 6) is 0. The lowest BCUT2D eigenvalue weighted by Gasteiger charge is -2.30. The second-order valence-corrected chi connectivity index (χ2v) is 11.8.